The lowest BCUT2D eigenvalue weighted by atomic mass is 10.0. The first-order valence-corrected chi connectivity index (χ1v) is 6.61. The molecule has 0 aliphatic carbocycles. The largest absolute Gasteiger partial charge is 0.265 e. The van der Waals surface area contributed by atoms with Crippen LogP contribution in [0.3, 0.4) is 0 Å². The van der Waals surface area contributed by atoms with Gasteiger partial charge in [-0.2, -0.15) is 0 Å². The van der Waals surface area contributed by atoms with Gasteiger partial charge < -0.3 is 0 Å². The quantitative estimate of drug-likeness (QED) is 0.724. The normalized spacial score (nSPS) is 10.4. The van der Waals surface area contributed by atoms with Crippen molar-refractivity contribution < 1.29 is 0 Å². The van der Waals surface area contributed by atoms with Gasteiger partial charge in [0, 0.05) is 37.2 Å². The monoisotopic (exact) mass is 261 g/mol. The first kappa shape index (κ1) is 12.5. The predicted molar refractivity (Wildman–Crippen MR) is 78.3 cm³/mol. The number of hydrogen-bond donors (Lipinski definition) is 0. The van der Waals surface area contributed by atoms with Crippen molar-refractivity contribution in [3.63, 3.8) is 0 Å². The third-order valence-electron chi connectivity index (χ3n) is 3.17. The summed E-state index contributed by atoms with van der Waals surface area (Å²) >= 11 is 0. The van der Waals surface area contributed by atoms with Gasteiger partial charge in [0.15, 0.2) is 0 Å². The molecule has 0 radical (unpaired) electrons. The maximum Gasteiger partial charge on any atom is 0.0303 e. The highest BCUT2D eigenvalue weighted by Gasteiger charge is 2.00. The van der Waals surface area contributed by atoms with E-state index in [0.717, 1.165) is 12.8 Å². The zero-order valence-electron chi connectivity index (χ0n) is 11.1. The van der Waals surface area contributed by atoms with Crippen LogP contribution in [0.15, 0.2) is 67.5 Å². The van der Waals surface area contributed by atoms with Crippen molar-refractivity contribution in [2.45, 2.75) is 12.8 Å². The summed E-state index contributed by atoms with van der Waals surface area (Å²) in [6.45, 7) is 0. The minimum absolute atomic E-state index is 0.889. The Morgan fingerprint density at radius 3 is 1.45 bits per heavy atom. The summed E-state index contributed by atoms with van der Waals surface area (Å²) in [5.74, 6) is 0. The average Bonchev–Trinajstić information content (AvgIpc) is 2.50. The van der Waals surface area contributed by atoms with Gasteiger partial charge in [-0.3, -0.25) is 15.0 Å². The number of hydrogen-bond acceptors (Lipinski definition) is 3. The van der Waals surface area contributed by atoms with Crippen LogP contribution in [0.5, 0.6) is 0 Å². The van der Waals surface area contributed by atoms with Crippen LogP contribution in [0, 0.1) is 0 Å². The molecule has 20 heavy (non-hydrogen) atoms. The summed E-state index contributed by atoms with van der Waals surface area (Å²) in [6.07, 6.45) is 12.9. The van der Waals surface area contributed by atoms with Crippen LogP contribution in [0.2, 0.25) is 0 Å². The van der Waals surface area contributed by atoms with Gasteiger partial charge in [0.2, 0.25) is 0 Å². The summed E-state index contributed by atoms with van der Waals surface area (Å²) in [5.41, 5.74) is 4.95. The second-order valence-corrected chi connectivity index (χ2v) is 4.77. The van der Waals surface area contributed by atoms with Crippen LogP contribution in [-0.4, -0.2) is 15.0 Å². The number of rotatable bonds is 4. The highest BCUT2D eigenvalue weighted by molar-refractivity contribution is 5.28. The fourth-order valence-corrected chi connectivity index (χ4v) is 2.21. The summed E-state index contributed by atoms with van der Waals surface area (Å²) in [7, 11) is 0. The van der Waals surface area contributed by atoms with Gasteiger partial charge in [-0.15, -0.1) is 0 Å². The van der Waals surface area contributed by atoms with Crippen LogP contribution in [-0.2, 0) is 12.8 Å². The standard InChI is InChI=1S/C17H15N3/c1-5-18-6-2-14(1)9-16-11-17(13-20-12-16)10-15-3-7-19-8-4-15/h1-8,11-13H,9-10H2. The first-order valence-electron chi connectivity index (χ1n) is 6.61. The molecule has 3 aromatic heterocycles. The molecule has 3 rings (SSSR count). The van der Waals surface area contributed by atoms with Crippen LogP contribution in [0.4, 0.5) is 0 Å². The second kappa shape index (κ2) is 6.06. The molecule has 0 unspecified atom stereocenters. The maximum absolute atomic E-state index is 4.35. The molecule has 0 saturated heterocycles. The summed E-state index contributed by atoms with van der Waals surface area (Å²) < 4.78 is 0. The Labute approximate surface area is 118 Å². The molecule has 0 aliphatic heterocycles. The lowest BCUT2D eigenvalue weighted by Gasteiger charge is -2.05. The molecule has 3 heteroatoms. The van der Waals surface area contributed by atoms with E-state index in [1.54, 1.807) is 0 Å². The molecule has 0 N–H and O–H groups in total. The fraction of sp³-hybridized carbons (Fsp3) is 0.118. The van der Waals surface area contributed by atoms with Gasteiger partial charge in [0.05, 0.1) is 0 Å². The molecule has 0 atom stereocenters. The minimum atomic E-state index is 0.889. The molecule has 3 aromatic rings. The summed E-state index contributed by atoms with van der Waals surface area (Å²) in [4.78, 5) is 12.4. The smallest absolute Gasteiger partial charge is 0.0303 e. The fourth-order valence-electron chi connectivity index (χ4n) is 2.21. The molecular formula is C17H15N3. The zero-order chi connectivity index (χ0) is 13.6. The van der Waals surface area contributed by atoms with Crippen LogP contribution in [0.25, 0.3) is 0 Å². The van der Waals surface area contributed by atoms with Gasteiger partial charge in [-0.05, 0) is 59.4 Å². The Balaban J connectivity index is 1.76. The number of nitrogens with zero attached hydrogens (tertiary/aromatic N) is 3. The van der Waals surface area contributed by atoms with E-state index in [0.29, 0.717) is 0 Å². The third kappa shape index (κ3) is 3.26. The van der Waals surface area contributed by atoms with Crippen molar-refractivity contribution in [1.82, 2.24) is 15.0 Å². The molecule has 0 saturated carbocycles. The lowest BCUT2D eigenvalue weighted by molar-refractivity contribution is 1.07. The Morgan fingerprint density at radius 1 is 0.550 bits per heavy atom. The topological polar surface area (TPSA) is 38.7 Å². The van der Waals surface area contributed by atoms with Crippen molar-refractivity contribution in [2.75, 3.05) is 0 Å². The molecule has 0 aromatic carbocycles. The third-order valence-corrected chi connectivity index (χ3v) is 3.17. The number of pyridine rings is 3. The second-order valence-electron chi connectivity index (χ2n) is 4.77. The molecule has 0 fully saturated rings. The van der Waals surface area contributed by atoms with E-state index in [1.807, 2.05) is 61.4 Å². The zero-order valence-corrected chi connectivity index (χ0v) is 11.1. The molecular weight excluding hydrogens is 246 g/mol. The van der Waals surface area contributed by atoms with Crippen molar-refractivity contribution in [2.24, 2.45) is 0 Å². The molecule has 0 aliphatic rings. The van der Waals surface area contributed by atoms with E-state index < -0.39 is 0 Å². The van der Waals surface area contributed by atoms with Gasteiger partial charge >= 0.3 is 0 Å². The van der Waals surface area contributed by atoms with Crippen LogP contribution >= 0.6 is 0 Å². The molecule has 0 amide bonds. The molecule has 0 bridgehead atoms. The Hall–Kier alpha value is -2.55. The first-order chi connectivity index (χ1) is 9.90. The predicted octanol–water partition coefficient (Wildman–Crippen LogP) is 3.05. The summed E-state index contributed by atoms with van der Waals surface area (Å²) in [6, 6.07) is 10.4. The molecule has 3 nitrogen and oxygen atoms in total. The van der Waals surface area contributed by atoms with Crippen molar-refractivity contribution in [3.05, 3.63) is 89.8 Å². The van der Waals surface area contributed by atoms with Crippen molar-refractivity contribution in [1.29, 1.82) is 0 Å². The van der Waals surface area contributed by atoms with E-state index in [-0.39, 0.29) is 0 Å². The highest BCUT2D eigenvalue weighted by Crippen LogP contribution is 2.12. The Bertz CT molecular complexity index is 609. The van der Waals surface area contributed by atoms with Gasteiger partial charge in [-0.1, -0.05) is 6.07 Å². The van der Waals surface area contributed by atoms with Crippen LogP contribution in [0.1, 0.15) is 22.3 Å². The molecule has 3 heterocycles. The van der Waals surface area contributed by atoms with E-state index in [4.69, 9.17) is 0 Å². The average molecular weight is 261 g/mol. The van der Waals surface area contributed by atoms with Crippen LogP contribution < -0.4 is 0 Å². The Kier molecular flexibility index (Phi) is 3.78. The van der Waals surface area contributed by atoms with E-state index in [2.05, 4.69) is 21.0 Å². The maximum atomic E-state index is 4.35. The van der Waals surface area contributed by atoms with Crippen molar-refractivity contribution >= 4 is 0 Å². The lowest BCUT2D eigenvalue weighted by Crippen LogP contribution is -1.94. The van der Waals surface area contributed by atoms with E-state index >= 15 is 0 Å². The Morgan fingerprint density at radius 2 is 1.00 bits per heavy atom. The highest BCUT2D eigenvalue weighted by atomic mass is 14.6. The van der Waals surface area contributed by atoms with E-state index in [1.165, 1.54) is 22.3 Å². The van der Waals surface area contributed by atoms with E-state index in [9.17, 15) is 0 Å². The number of aromatic nitrogens is 3. The van der Waals surface area contributed by atoms with Gasteiger partial charge in [0.1, 0.15) is 0 Å². The van der Waals surface area contributed by atoms with Crippen molar-refractivity contribution in [3.8, 4) is 0 Å². The summed E-state index contributed by atoms with van der Waals surface area (Å²) in [5, 5.41) is 0. The van der Waals surface area contributed by atoms with Gasteiger partial charge in [-0.25, -0.2) is 0 Å². The minimum Gasteiger partial charge on any atom is -0.265 e. The molecule has 0 spiro atoms. The SMILES string of the molecule is c1cc(Cc2cncc(Cc3ccncc3)c2)ccn1. The van der Waals surface area contributed by atoms with Gasteiger partial charge in [0.25, 0.3) is 0 Å². The molecule has 98 valence electrons.